The molecular weight excluding hydrogens is 188 g/mol. The third kappa shape index (κ3) is 2.73. The summed E-state index contributed by atoms with van der Waals surface area (Å²) in [6.07, 6.45) is 9.62. The van der Waals surface area contributed by atoms with Gasteiger partial charge in [0, 0.05) is 6.92 Å². The van der Waals surface area contributed by atoms with Crippen LogP contribution in [-0.4, -0.2) is 13.1 Å². The monoisotopic (exact) mass is 210 g/mol. The second-order valence-corrected chi connectivity index (χ2v) is 5.57. The predicted octanol–water partition coefficient (Wildman–Crippen LogP) is 3.01. The fourth-order valence-corrected chi connectivity index (χ4v) is 3.98. The van der Waals surface area contributed by atoms with Crippen LogP contribution < -0.4 is 0 Å². The summed E-state index contributed by atoms with van der Waals surface area (Å²) in [5, 5.41) is 0. The highest BCUT2D eigenvalue weighted by molar-refractivity contribution is 5.65. The third-order valence-corrected chi connectivity index (χ3v) is 4.29. The van der Waals surface area contributed by atoms with E-state index < -0.39 is 0 Å². The molecule has 2 nitrogen and oxygen atoms in total. The Morgan fingerprint density at radius 1 is 0.867 bits per heavy atom. The van der Waals surface area contributed by atoms with Gasteiger partial charge in [-0.25, -0.2) is 0 Å². The maximum absolute atomic E-state index is 9.59. The second-order valence-electron chi connectivity index (χ2n) is 5.57. The summed E-state index contributed by atoms with van der Waals surface area (Å²) in [4.78, 5) is 9.59. The van der Waals surface area contributed by atoms with Crippen LogP contribution in [0.1, 0.15) is 45.4 Å². The average Bonchev–Trinajstić information content (AvgIpc) is 2.16. The number of carbonyl (C=O) groups is 1. The molecule has 4 fully saturated rings. The number of carbonyl (C=O) groups excluding carboxylic acids is 1. The Balaban J connectivity index is 0.000000149. The molecule has 0 spiro atoms. The van der Waals surface area contributed by atoms with Crippen molar-refractivity contribution in [3.63, 3.8) is 0 Å². The average molecular weight is 210 g/mol. The minimum Gasteiger partial charge on any atom is -0.469 e. The molecule has 4 aliphatic carbocycles. The highest BCUT2D eigenvalue weighted by Crippen LogP contribution is 2.53. The van der Waals surface area contributed by atoms with Gasteiger partial charge in [-0.1, -0.05) is 0 Å². The lowest BCUT2D eigenvalue weighted by Gasteiger charge is -2.49. The van der Waals surface area contributed by atoms with Crippen LogP contribution in [-0.2, 0) is 9.53 Å². The topological polar surface area (TPSA) is 26.3 Å². The highest BCUT2D eigenvalue weighted by Gasteiger charge is 2.41. The van der Waals surface area contributed by atoms with Crippen LogP contribution in [0, 0.1) is 23.7 Å². The van der Waals surface area contributed by atoms with Crippen LogP contribution in [0.2, 0.25) is 0 Å². The van der Waals surface area contributed by atoms with Crippen molar-refractivity contribution in [2.75, 3.05) is 7.11 Å². The van der Waals surface area contributed by atoms with E-state index in [2.05, 4.69) is 4.74 Å². The van der Waals surface area contributed by atoms with Crippen molar-refractivity contribution >= 4 is 5.97 Å². The van der Waals surface area contributed by atoms with Gasteiger partial charge in [0.25, 0.3) is 0 Å². The Morgan fingerprint density at radius 3 is 1.20 bits per heavy atom. The molecule has 0 atom stereocenters. The first-order valence-corrected chi connectivity index (χ1v) is 6.22. The molecule has 15 heavy (non-hydrogen) atoms. The minimum atomic E-state index is -0.245. The number of ether oxygens (including phenoxy) is 1. The summed E-state index contributed by atoms with van der Waals surface area (Å²) in [5.74, 6) is 4.46. The predicted molar refractivity (Wildman–Crippen MR) is 59.4 cm³/mol. The second kappa shape index (κ2) is 4.54. The first kappa shape index (κ1) is 11.0. The Hall–Kier alpha value is -0.530. The van der Waals surface area contributed by atoms with Gasteiger partial charge in [-0.15, -0.1) is 0 Å². The van der Waals surface area contributed by atoms with Crippen molar-refractivity contribution in [1.29, 1.82) is 0 Å². The van der Waals surface area contributed by atoms with E-state index in [1.165, 1.54) is 37.7 Å². The molecule has 86 valence electrons. The van der Waals surface area contributed by atoms with Gasteiger partial charge in [-0.05, 0) is 62.2 Å². The molecule has 0 aliphatic heterocycles. The summed E-state index contributed by atoms with van der Waals surface area (Å²) in [6, 6.07) is 0. The van der Waals surface area contributed by atoms with Crippen LogP contribution >= 0.6 is 0 Å². The van der Waals surface area contributed by atoms with Crippen molar-refractivity contribution in [2.24, 2.45) is 23.7 Å². The molecule has 2 heteroatoms. The summed E-state index contributed by atoms with van der Waals surface area (Å²) < 4.78 is 4.11. The van der Waals surface area contributed by atoms with Gasteiger partial charge in [-0.2, -0.15) is 0 Å². The molecule has 4 rings (SSSR count). The zero-order chi connectivity index (χ0) is 10.8. The van der Waals surface area contributed by atoms with Crippen LogP contribution in [0.4, 0.5) is 0 Å². The Kier molecular flexibility index (Phi) is 3.32. The van der Waals surface area contributed by atoms with E-state index in [0.29, 0.717) is 0 Å². The first-order valence-electron chi connectivity index (χ1n) is 6.22. The molecule has 0 heterocycles. The molecule has 4 bridgehead atoms. The van der Waals surface area contributed by atoms with Crippen molar-refractivity contribution in [3.05, 3.63) is 0 Å². The molecule has 0 saturated heterocycles. The Morgan fingerprint density at radius 2 is 1.07 bits per heavy atom. The van der Waals surface area contributed by atoms with Crippen molar-refractivity contribution in [2.45, 2.75) is 45.4 Å². The largest absolute Gasteiger partial charge is 0.469 e. The highest BCUT2D eigenvalue weighted by atomic mass is 16.5. The lowest BCUT2D eigenvalue weighted by molar-refractivity contribution is -0.137. The Labute approximate surface area is 92.4 Å². The molecule has 0 radical (unpaired) electrons. The zero-order valence-electron chi connectivity index (χ0n) is 9.87. The molecule has 0 aromatic heterocycles. The van der Waals surface area contributed by atoms with Gasteiger partial charge in [0.15, 0.2) is 0 Å². The summed E-state index contributed by atoms with van der Waals surface area (Å²) in [6.45, 7) is 1.36. The lowest BCUT2D eigenvalue weighted by Crippen LogP contribution is -2.38. The van der Waals surface area contributed by atoms with Crippen LogP contribution in [0.3, 0.4) is 0 Å². The normalized spacial score (nSPS) is 40.7. The first-order chi connectivity index (χ1) is 7.17. The van der Waals surface area contributed by atoms with E-state index in [-0.39, 0.29) is 5.97 Å². The number of hydrogen-bond donors (Lipinski definition) is 0. The molecule has 4 aliphatic rings. The van der Waals surface area contributed by atoms with E-state index >= 15 is 0 Å². The molecule has 0 N–H and O–H groups in total. The van der Waals surface area contributed by atoms with Crippen molar-refractivity contribution in [1.82, 2.24) is 0 Å². The van der Waals surface area contributed by atoms with Gasteiger partial charge in [0.05, 0.1) is 7.11 Å². The minimum absolute atomic E-state index is 0.245. The molecule has 4 saturated carbocycles. The summed E-state index contributed by atoms with van der Waals surface area (Å²) in [5.41, 5.74) is 0. The van der Waals surface area contributed by atoms with Gasteiger partial charge in [0.1, 0.15) is 0 Å². The standard InChI is InChI=1S/C10H16.C3H6O2/c1-7-2-9-4-8(1)5-10(3-7)6-9;1-3(4)5-2/h7-10H,1-6H2;1-2H3. The Bertz CT molecular complexity index is 178. The van der Waals surface area contributed by atoms with E-state index in [9.17, 15) is 4.79 Å². The summed E-state index contributed by atoms with van der Waals surface area (Å²) in [7, 11) is 1.35. The van der Waals surface area contributed by atoms with E-state index in [0.717, 1.165) is 0 Å². The van der Waals surface area contributed by atoms with E-state index in [1.54, 1.807) is 38.5 Å². The van der Waals surface area contributed by atoms with Gasteiger partial charge < -0.3 is 4.74 Å². The smallest absolute Gasteiger partial charge is 0.302 e. The van der Waals surface area contributed by atoms with Gasteiger partial charge in [0.2, 0.25) is 0 Å². The molecule has 0 amide bonds. The third-order valence-electron chi connectivity index (χ3n) is 4.29. The molecule has 0 unspecified atom stereocenters. The van der Waals surface area contributed by atoms with Crippen molar-refractivity contribution in [3.8, 4) is 0 Å². The van der Waals surface area contributed by atoms with Crippen LogP contribution in [0.25, 0.3) is 0 Å². The lowest BCUT2D eigenvalue weighted by atomic mass is 9.56. The fraction of sp³-hybridized carbons (Fsp3) is 0.923. The molecule has 0 aromatic carbocycles. The number of rotatable bonds is 0. The maximum atomic E-state index is 9.59. The number of esters is 1. The fourth-order valence-electron chi connectivity index (χ4n) is 3.98. The molecular formula is C13H22O2. The van der Waals surface area contributed by atoms with Crippen molar-refractivity contribution < 1.29 is 9.53 Å². The summed E-state index contributed by atoms with van der Waals surface area (Å²) >= 11 is 0. The number of methoxy groups -OCH3 is 1. The van der Waals surface area contributed by atoms with Gasteiger partial charge in [-0.3, -0.25) is 4.79 Å². The van der Waals surface area contributed by atoms with Crippen LogP contribution in [0.5, 0.6) is 0 Å². The number of hydrogen-bond acceptors (Lipinski definition) is 2. The SMILES string of the molecule is C1C2CC3CC1CC(C2)C3.COC(C)=O. The van der Waals surface area contributed by atoms with E-state index in [4.69, 9.17) is 0 Å². The van der Waals surface area contributed by atoms with E-state index in [1.807, 2.05) is 0 Å². The van der Waals surface area contributed by atoms with Crippen LogP contribution in [0.15, 0.2) is 0 Å². The molecule has 0 aromatic rings. The maximum Gasteiger partial charge on any atom is 0.302 e. The quantitative estimate of drug-likeness (QED) is 0.574. The van der Waals surface area contributed by atoms with Gasteiger partial charge >= 0.3 is 5.97 Å². The zero-order valence-corrected chi connectivity index (χ0v) is 9.87.